The maximum atomic E-state index is 5.90. The van der Waals surface area contributed by atoms with E-state index in [2.05, 4.69) is 34.6 Å². The molecule has 3 nitrogen and oxygen atoms in total. The largest absolute Gasteiger partial charge is 0.485 e. The lowest BCUT2D eigenvalue weighted by molar-refractivity contribution is 0.167. The summed E-state index contributed by atoms with van der Waals surface area (Å²) < 4.78 is 11.7. The second-order valence-corrected chi connectivity index (χ2v) is 7.47. The van der Waals surface area contributed by atoms with Gasteiger partial charge < -0.3 is 15.2 Å². The molecule has 4 heteroatoms. The predicted molar refractivity (Wildman–Crippen MR) is 76.1 cm³/mol. The normalized spacial score (nSPS) is 15.9. The van der Waals surface area contributed by atoms with E-state index in [1.54, 1.807) is 11.3 Å². The van der Waals surface area contributed by atoms with Crippen LogP contribution in [0.15, 0.2) is 0 Å². The van der Waals surface area contributed by atoms with Gasteiger partial charge in [-0.1, -0.05) is 34.6 Å². The van der Waals surface area contributed by atoms with E-state index < -0.39 is 0 Å². The minimum atomic E-state index is -0.0705. The minimum Gasteiger partial charge on any atom is -0.485 e. The van der Waals surface area contributed by atoms with Crippen LogP contribution in [0.3, 0.4) is 0 Å². The number of hydrogen-bond donors (Lipinski definition) is 1. The Kier molecular flexibility index (Phi) is 3.36. The van der Waals surface area contributed by atoms with Crippen molar-refractivity contribution in [2.24, 2.45) is 5.73 Å². The van der Waals surface area contributed by atoms with Gasteiger partial charge in [0.05, 0.1) is 9.75 Å². The van der Waals surface area contributed by atoms with Crippen LogP contribution in [0.4, 0.5) is 0 Å². The molecule has 0 aliphatic carbocycles. The molecular formula is C14H23NO2S. The van der Waals surface area contributed by atoms with Crippen molar-refractivity contribution in [3.63, 3.8) is 0 Å². The molecule has 0 fully saturated rings. The maximum absolute atomic E-state index is 5.90. The van der Waals surface area contributed by atoms with E-state index in [0.717, 1.165) is 11.5 Å². The summed E-state index contributed by atoms with van der Waals surface area (Å²) in [6.07, 6.45) is 0. The standard InChI is InChI=1S/C14H23NO2S/c1-13(2,3)11-9-10(17-7-6-16-9)12(18-11)14(4,5)8-15/h6-8,15H2,1-5H3. The van der Waals surface area contributed by atoms with E-state index in [0.29, 0.717) is 19.8 Å². The van der Waals surface area contributed by atoms with Gasteiger partial charge in [0.15, 0.2) is 11.5 Å². The van der Waals surface area contributed by atoms with Crippen molar-refractivity contribution in [1.82, 2.24) is 0 Å². The van der Waals surface area contributed by atoms with Crippen molar-refractivity contribution < 1.29 is 9.47 Å². The van der Waals surface area contributed by atoms with Gasteiger partial charge in [-0.25, -0.2) is 0 Å². The minimum absolute atomic E-state index is 0.0678. The molecule has 0 saturated carbocycles. The third kappa shape index (κ3) is 2.24. The van der Waals surface area contributed by atoms with E-state index >= 15 is 0 Å². The van der Waals surface area contributed by atoms with Crippen LogP contribution in [0.2, 0.25) is 0 Å². The van der Waals surface area contributed by atoms with Gasteiger partial charge in [0.2, 0.25) is 0 Å². The first-order valence-corrected chi connectivity index (χ1v) is 7.22. The number of ether oxygens (including phenoxy) is 2. The van der Waals surface area contributed by atoms with Gasteiger partial charge in [-0.05, 0) is 0 Å². The van der Waals surface area contributed by atoms with Crippen LogP contribution in [-0.2, 0) is 10.8 Å². The Morgan fingerprint density at radius 2 is 1.50 bits per heavy atom. The highest BCUT2D eigenvalue weighted by Crippen LogP contribution is 2.52. The van der Waals surface area contributed by atoms with Gasteiger partial charge in [-0.15, -0.1) is 11.3 Å². The third-order valence-corrected chi connectivity index (χ3v) is 5.15. The van der Waals surface area contributed by atoms with E-state index in [4.69, 9.17) is 15.2 Å². The van der Waals surface area contributed by atoms with Crippen LogP contribution in [-0.4, -0.2) is 19.8 Å². The zero-order valence-corrected chi connectivity index (χ0v) is 12.7. The molecule has 0 atom stereocenters. The SMILES string of the molecule is CC(C)(C)c1sc(C(C)(C)CN)c2c1OCCO2. The van der Waals surface area contributed by atoms with Gasteiger partial charge >= 0.3 is 0 Å². The van der Waals surface area contributed by atoms with E-state index in [1.165, 1.54) is 9.75 Å². The molecule has 102 valence electrons. The number of fused-ring (bicyclic) bond motifs is 1. The Balaban J connectivity index is 2.59. The predicted octanol–water partition coefficient (Wildman–Crippen LogP) is 3.05. The first-order chi connectivity index (χ1) is 8.27. The summed E-state index contributed by atoms with van der Waals surface area (Å²) in [5.74, 6) is 1.86. The van der Waals surface area contributed by atoms with Crippen LogP contribution < -0.4 is 15.2 Å². The zero-order valence-electron chi connectivity index (χ0n) is 11.9. The lowest BCUT2D eigenvalue weighted by atomic mass is 9.90. The Morgan fingerprint density at radius 3 is 1.94 bits per heavy atom. The van der Waals surface area contributed by atoms with Gasteiger partial charge in [0.1, 0.15) is 13.2 Å². The van der Waals surface area contributed by atoms with Crippen LogP contribution in [0.1, 0.15) is 44.4 Å². The van der Waals surface area contributed by atoms with Gasteiger partial charge in [0, 0.05) is 17.4 Å². The molecule has 1 aliphatic heterocycles. The summed E-state index contributed by atoms with van der Waals surface area (Å²) in [6.45, 7) is 12.8. The number of nitrogens with two attached hydrogens (primary N) is 1. The summed E-state index contributed by atoms with van der Waals surface area (Å²) in [6, 6.07) is 0. The monoisotopic (exact) mass is 269 g/mol. The van der Waals surface area contributed by atoms with Crippen LogP contribution in [0, 0.1) is 0 Å². The molecule has 0 radical (unpaired) electrons. The van der Waals surface area contributed by atoms with E-state index in [-0.39, 0.29) is 10.8 Å². The maximum Gasteiger partial charge on any atom is 0.176 e. The molecule has 1 aromatic rings. The number of hydrogen-bond acceptors (Lipinski definition) is 4. The fourth-order valence-electron chi connectivity index (χ4n) is 1.98. The highest BCUT2D eigenvalue weighted by Gasteiger charge is 2.35. The molecule has 2 heterocycles. The van der Waals surface area contributed by atoms with Crippen molar-refractivity contribution >= 4 is 11.3 Å². The average molecular weight is 269 g/mol. The van der Waals surface area contributed by atoms with Crippen molar-refractivity contribution in [2.75, 3.05) is 19.8 Å². The highest BCUT2D eigenvalue weighted by molar-refractivity contribution is 7.13. The van der Waals surface area contributed by atoms with E-state index in [1.807, 2.05) is 0 Å². The molecule has 0 amide bonds. The quantitative estimate of drug-likeness (QED) is 0.897. The second-order valence-electron chi connectivity index (χ2n) is 6.45. The lowest BCUT2D eigenvalue weighted by Gasteiger charge is -2.24. The molecule has 1 aliphatic rings. The molecule has 0 bridgehead atoms. The molecule has 18 heavy (non-hydrogen) atoms. The average Bonchev–Trinajstić information content (AvgIpc) is 2.68. The zero-order chi connectivity index (χ0) is 13.6. The first kappa shape index (κ1) is 13.7. The van der Waals surface area contributed by atoms with Crippen molar-refractivity contribution in [1.29, 1.82) is 0 Å². The first-order valence-electron chi connectivity index (χ1n) is 6.41. The summed E-state index contributed by atoms with van der Waals surface area (Å²) in [5, 5.41) is 0. The van der Waals surface area contributed by atoms with Gasteiger partial charge in [-0.2, -0.15) is 0 Å². The van der Waals surface area contributed by atoms with Crippen LogP contribution in [0.5, 0.6) is 11.5 Å². The van der Waals surface area contributed by atoms with Gasteiger partial charge in [-0.3, -0.25) is 0 Å². The molecule has 0 aromatic carbocycles. The molecule has 0 saturated heterocycles. The van der Waals surface area contributed by atoms with Crippen molar-refractivity contribution in [3.8, 4) is 11.5 Å². The van der Waals surface area contributed by atoms with E-state index in [9.17, 15) is 0 Å². The molecular weight excluding hydrogens is 246 g/mol. The Bertz CT molecular complexity index is 443. The topological polar surface area (TPSA) is 44.5 Å². The van der Waals surface area contributed by atoms with Crippen molar-refractivity contribution in [3.05, 3.63) is 9.75 Å². The Labute approximate surface area is 113 Å². The van der Waals surface area contributed by atoms with Crippen LogP contribution >= 0.6 is 11.3 Å². The fraction of sp³-hybridized carbons (Fsp3) is 0.714. The van der Waals surface area contributed by atoms with Gasteiger partial charge in [0.25, 0.3) is 0 Å². The Hall–Kier alpha value is -0.740. The third-order valence-electron chi connectivity index (χ3n) is 3.21. The summed E-state index contributed by atoms with van der Waals surface area (Å²) in [5.41, 5.74) is 5.90. The lowest BCUT2D eigenvalue weighted by Crippen LogP contribution is -2.28. The number of rotatable bonds is 2. The molecule has 2 N–H and O–H groups in total. The summed E-state index contributed by atoms with van der Waals surface area (Å²) >= 11 is 1.78. The summed E-state index contributed by atoms with van der Waals surface area (Å²) in [4.78, 5) is 2.47. The smallest absolute Gasteiger partial charge is 0.176 e. The Morgan fingerprint density at radius 1 is 1.00 bits per heavy atom. The number of thiophene rings is 1. The van der Waals surface area contributed by atoms with Crippen LogP contribution in [0.25, 0.3) is 0 Å². The summed E-state index contributed by atoms with van der Waals surface area (Å²) in [7, 11) is 0. The molecule has 2 rings (SSSR count). The molecule has 1 aromatic heterocycles. The highest BCUT2D eigenvalue weighted by atomic mass is 32.1. The fourth-order valence-corrected chi connectivity index (χ4v) is 3.34. The second kappa shape index (κ2) is 4.42. The molecule has 0 spiro atoms. The van der Waals surface area contributed by atoms with Crippen molar-refractivity contribution in [2.45, 2.75) is 45.4 Å². The molecule has 0 unspecified atom stereocenters.